The molecule has 0 fully saturated rings. The summed E-state index contributed by atoms with van der Waals surface area (Å²) in [5, 5.41) is 36.0. The Morgan fingerprint density at radius 2 is 1.16 bits per heavy atom. The van der Waals surface area contributed by atoms with E-state index in [9.17, 15) is 83.7 Å². The second-order valence-electron chi connectivity index (χ2n) is 12.7. The van der Waals surface area contributed by atoms with E-state index in [4.69, 9.17) is 9.81 Å². The monoisotopic (exact) mass is 1110 g/mol. The van der Waals surface area contributed by atoms with Crippen LogP contribution < -0.4 is 37.7 Å². The minimum absolute atomic E-state index is 0.00962. The van der Waals surface area contributed by atoms with Crippen LogP contribution in [0.5, 0.6) is 5.75 Å². The highest BCUT2D eigenvalue weighted by Crippen LogP contribution is 2.31. The first-order valence-electron chi connectivity index (χ1n) is 17.3. The minimum Gasteiger partial charge on any atom is -0.504 e. The summed E-state index contributed by atoms with van der Waals surface area (Å²) in [6.45, 7) is -0.764. The fraction of sp³-hybridized carbons (Fsp3) is 0.167. The Morgan fingerprint density at radius 1 is 0.652 bits per heavy atom. The second kappa shape index (κ2) is 21.9. The standard InChI is InChI=1S/C30H29N7O25S7/c1-15(38)31-16-2-5-19(22(12-16)66(47,48)49)32-35-25-28(39)26(36-33-20-6-3-17(13-23(20)67(50,51)52)64(43,44)10-8-59-63-62-61-42)30(41)27(29(25)40)37-34-21-7-4-18(14-24(21)68(53,54)55)65(45,46)11-9-60-69(56,57)58/h2-7,12-14,32,34,41-42H,8-11H2,1H3,(H,31,38)(H,47,48,49)(H,50,51,52)(H,53,54,55)(H,56,57,58). The number of amides is 1. The van der Waals surface area contributed by atoms with Gasteiger partial charge in [0.2, 0.25) is 16.8 Å². The molecule has 0 spiro atoms. The van der Waals surface area contributed by atoms with E-state index >= 15 is 0 Å². The van der Waals surface area contributed by atoms with Gasteiger partial charge >= 0.3 is 10.4 Å². The molecule has 0 aromatic heterocycles. The summed E-state index contributed by atoms with van der Waals surface area (Å²) in [7, 11) is -30.4. The van der Waals surface area contributed by atoms with Crippen molar-refractivity contribution in [2.75, 3.05) is 40.9 Å². The third kappa shape index (κ3) is 15.1. The van der Waals surface area contributed by atoms with Crippen molar-refractivity contribution in [2.24, 2.45) is 20.4 Å². The van der Waals surface area contributed by atoms with Crippen LogP contribution in [0, 0.1) is 0 Å². The maximum atomic E-state index is 13.8. The lowest BCUT2D eigenvalue weighted by molar-refractivity contribution is -0.434. The zero-order valence-electron chi connectivity index (χ0n) is 33.6. The van der Waals surface area contributed by atoms with Gasteiger partial charge in [0.15, 0.2) is 54.1 Å². The van der Waals surface area contributed by atoms with Crippen LogP contribution in [-0.2, 0) is 83.0 Å². The number of azo groups is 1. The molecule has 69 heavy (non-hydrogen) atoms. The van der Waals surface area contributed by atoms with Gasteiger partial charge in [-0.2, -0.15) is 43.9 Å². The third-order valence-corrected chi connectivity index (χ3v) is 14.9. The summed E-state index contributed by atoms with van der Waals surface area (Å²) in [5.41, 5.74) is -3.72. The van der Waals surface area contributed by atoms with Gasteiger partial charge in [0, 0.05) is 12.6 Å². The molecule has 4 rings (SSSR count). The number of hydrogen-bond acceptors (Lipinski definition) is 28. The quantitative estimate of drug-likeness (QED) is 0.0118. The molecule has 0 aliphatic rings. The van der Waals surface area contributed by atoms with E-state index in [-0.39, 0.29) is 18.0 Å². The predicted octanol–water partition coefficient (Wildman–Crippen LogP) is -0.674. The van der Waals surface area contributed by atoms with Crippen LogP contribution in [0.15, 0.2) is 109 Å². The van der Waals surface area contributed by atoms with Crippen LogP contribution >= 0.6 is 12.3 Å². The number of rotatable bonds is 22. The molecular formula is C30H29N7O25S7. The lowest BCUT2D eigenvalue weighted by atomic mass is 10.2. The Kier molecular flexibility index (Phi) is 17.7. The van der Waals surface area contributed by atoms with Crippen molar-refractivity contribution < 1.29 is 102 Å². The first-order valence-corrected chi connectivity index (χ1v) is 27.0. The fourth-order valence-corrected chi connectivity index (χ4v) is 10.1. The molecular weight excluding hydrogens is 1080 g/mol. The van der Waals surface area contributed by atoms with E-state index in [1.165, 1.54) is 0 Å². The predicted molar refractivity (Wildman–Crippen MR) is 229 cm³/mol. The highest BCUT2D eigenvalue weighted by Gasteiger charge is 2.26. The molecule has 0 bridgehead atoms. The molecule has 0 saturated carbocycles. The van der Waals surface area contributed by atoms with E-state index < -0.39 is 166 Å². The van der Waals surface area contributed by atoms with E-state index in [1.807, 2.05) is 10.9 Å². The first-order chi connectivity index (χ1) is 31.8. The van der Waals surface area contributed by atoms with Gasteiger partial charge in [-0.3, -0.25) is 47.6 Å². The van der Waals surface area contributed by atoms with Crippen LogP contribution in [-0.4, -0.2) is 110 Å². The highest BCUT2D eigenvalue weighted by molar-refractivity contribution is 7.92. The number of carbonyl (C=O) groups excluding carboxylic acids is 1. The van der Waals surface area contributed by atoms with Gasteiger partial charge in [-0.1, -0.05) is 5.04 Å². The Morgan fingerprint density at radius 3 is 1.70 bits per heavy atom. The molecule has 376 valence electrons. The Hall–Kier alpha value is -5.76. The van der Waals surface area contributed by atoms with Crippen molar-refractivity contribution in [3.8, 4) is 5.75 Å². The zero-order chi connectivity index (χ0) is 51.9. The van der Waals surface area contributed by atoms with Crippen molar-refractivity contribution in [3.63, 3.8) is 0 Å². The summed E-state index contributed by atoms with van der Waals surface area (Å²) in [6, 6.07) is 5.95. The van der Waals surface area contributed by atoms with E-state index in [2.05, 4.69) is 43.5 Å². The average Bonchev–Trinajstić information content (AvgIpc) is 3.22. The number of nitrogens with one attached hydrogen (secondary N) is 3. The number of phenols is 1. The maximum Gasteiger partial charge on any atom is 0.397 e. The number of carbonyl (C=O) groups is 1. The summed E-state index contributed by atoms with van der Waals surface area (Å²) >= 11 is 0.00962. The van der Waals surface area contributed by atoms with Crippen LogP contribution in [0.1, 0.15) is 6.92 Å². The molecule has 1 amide bonds. The molecule has 9 N–H and O–H groups in total. The molecule has 4 aromatic rings. The number of nitrogens with zero attached hydrogens (tertiary/aromatic N) is 4. The number of anilines is 3. The Balaban J connectivity index is 1.97. The molecule has 0 atom stereocenters. The van der Waals surface area contributed by atoms with E-state index in [1.54, 1.807) is 0 Å². The van der Waals surface area contributed by atoms with Crippen molar-refractivity contribution in [3.05, 3.63) is 85.8 Å². The minimum atomic E-state index is -5.48. The fourth-order valence-electron chi connectivity index (χ4n) is 5.07. The van der Waals surface area contributed by atoms with Gasteiger partial charge in [-0.25, -0.2) is 26.3 Å². The van der Waals surface area contributed by atoms with Crippen LogP contribution in [0.2, 0.25) is 0 Å². The number of benzene rings is 4. The number of hydrogen-bond donors (Lipinski definition) is 9. The Labute approximate surface area is 391 Å². The number of sulfone groups is 2. The van der Waals surface area contributed by atoms with Crippen LogP contribution in [0.4, 0.5) is 28.4 Å². The summed E-state index contributed by atoms with van der Waals surface area (Å²) in [5.74, 6) is -4.34. The van der Waals surface area contributed by atoms with E-state index in [0.29, 0.717) is 36.4 Å². The second-order valence-corrected chi connectivity index (χ2v) is 22.7. The van der Waals surface area contributed by atoms with Gasteiger partial charge in [0.05, 0.1) is 45.9 Å². The van der Waals surface area contributed by atoms with Crippen LogP contribution in [0.3, 0.4) is 0 Å². The van der Waals surface area contributed by atoms with Crippen molar-refractivity contribution >= 4 is 107 Å². The topological polar surface area (TPSA) is 500 Å². The van der Waals surface area contributed by atoms with Crippen molar-refractivity contribution in [2.45, 2.75) is 31.4 Å². The highest BCUT2D eigenvalue weighted by atomic mass is 32.3. The SMILES string of the molecule is CC(=O)Nc1ccc(NN=c2c(=O)c(N=Nc3ccc(S(=O)(=O)CCOSOOO)cc3S(=O)(=O)O)c(O)c(=NNc3ccc(S(=O)(=O)CCOS(=O)(=O)O)cc3S(=O)(=O)O)c2=O)c(S(=O)(=O)O)c1. The van der Waals surface area contributed by atoms with Gasteiger partial charge in [-0.05, 0) is 54.6 Å². The van der Waals surface area contributed by atoms with Gasteiger partial charge in [-0.15, -0.1) is 14.6 Å². The molecule has 32 nitrogen and oxygen atoms in total. The number of phenolic OH excluding ortho intramolecular Hbond substituents is 1. The lowest BCUT2D eigenvalue weighted by Gasteiger charge is -2.10. The smallest absolute Gasteiger partial charge is 0.397 e. The summed E-state index contributed by atoms with van der Waals surface area (Å²) in [4.78, 5) is 33.8. The van der Waals surface area contributed by atoms with Gasteiger partial charge in [0.25, 0.3) is 30.4 Å². The Bertz CT molecular complexity index is 3660. The van der Waals surface area contributed by atoms with Crippen molar-refractivity contribution in [1.29, 1.82) is 0 Å². The first kappa shape index (κ1) is 55.8. The van der Waals surface area contributed by atoms with Crippen LogP contribution in [0.25, 0.3) is 0 Å². The molecule has 4 aromatic carbocycles. The summed E-state index contributed by atoms with van der Waals surface area (Å²) < 4.78 is 198. The van der Waals surface area contributed by atoms with Crippen molar-refractivity contribution in [1.82, 2.24) is 0 Å². The van der Waals surface area contributed by atoms with Gasteiger partial charge in [0.1, 0.15) is 20.4 Å². The summed E-state index contributed by atoms with van der Waals surface area (Å²) in [6.07, 6.45) is 0. The molecule has 0 aliphatic carbocycles. The third-order valence-electron chi connectivity index (χ3n) is 8.01. The lowest BCUT2D eigenvalue weighted by Crippen LogP contribution is -2.48. The maximum absolute atomic E-state index is 13.8. The molecule has 0 heterocycles. The normalized spacial score (nSPS) is 13.5. The molecule has 0 radical (unpaired) electrons. The van der Waals surface area contributed by atoms with Gasteiger partial charge < -0.3 is 10.4 Å². The van der Waals surface area contributed by atoms with E-state index in [0.717, 1.165) is 25.1 Å². The molecule has 0 unspecified atom stereocenters. The molecule has 0 aliphatic heterocycles. The number of aromatic hydroxyl groups is 1. The average molecular weight is 1110 g/mol. The zero-order valence-corrected chi connectivity index (χ0v) is 39.3. The largest absolute Gasteiger partial charge is 0.504 e. The molecule has 39 heteroatoms. The molecule has 0 saturated heterocycles.